The van der Waals surface area contributed by atoms with E-state index in [1.165, 1.54) is 0 Å². The molecule has 1 fully saturated rings. The molecule has 2 nitrogen and oxygen atoms in total. The minimum atomic E-state index is -4.47. The number of hydrogen-bond acceptors (Lipinski definition) is 2. The molecule has 0 saturated carbocycles. The molecule has 2 rings (SSSR count). The molecule has 1 aliphatic rings. The third kappa shape index (κ3) is 5.00. The van der Waals surface area contributed by atoms with Crippen molar-refractivity contribution in [1.82, 2.24) is 5.32 Å². The number of hydrogen-bond donors (Lipinski definition) is 2. The smallest absolute Gasteiger partial charge is 0.382 e. The Labute approximate surface area is 127 Å². The van der Waals surface area contributed by atoms with Crippen molar-refractivity contribution in [3.8, 4) is 0 Å². The van der Waals surface area contributed by atoms with Crippen molar-refractivity contribution in [2.75, 3.05) is 18.4 Å². The summed E-state index contributed by atoms with van der Waals surface area (Å²) in [6.45, 7) is 1.52. The SMILES string of the molecule is Cl.Cl.Fc1ccc(C(F)(F)F)c(NC2CCNCC2)c1. The van der Waals surface area contributed by atoms with Crippen LogP contribution in [0.2, 0.25) is 0 Å². The highest BCUT2D eigenvalue weighted by molar-refractivity contribution is 5.85. The maximum atomic E-state index is 13.1. The first-order valence-corrected chi connectivity index (χ1v) is 5.81. The van der Waals surface area contributed by atoms with Crippen LogP contribution in [0.3, 0.4) is 0 Å². The summed E-state index contributed by atoms with van der Waals surface area (Å²) in [7, 11) is 0. The summed E-state index contributed by atoms with van der Waals surface area (Å²) in [5.74, 6) is -0.667. The van der Waals surface area contributed by atoms with Crippen molar-refractivity contribution in [2.45, 2.75) is 25.1 Å². The lowest BCUT2D eigenvalue weighted by atomic mass is 10.0. The molecule has 2 N–H and O–H groups in total. The lowest BCUT2D eigenvalue weighted by molar-refractivity contribution is -0.137. The van der Waals surface area contributed by atoms with E-state index in [-0.39, 0.29) is 36.5 Å². The van der Waals surface area contributed by atoms with Crippen LogP contribution in [0, 0.1) is 5.82 Å². The molecule has 1 aliphatic heterocycles. The zero-order valence-electron chi connectivity index (χ0n) is 10.5. The predicted molar refractivity (Wildman–Crippen MR) is 75.4 cm³/mol. The molecule has 8 heteroatoms. The number of benzene rings is 1. The number of anilines is 1. The average Bonchev–Trinajstić information content (AvgIpc) is 2.28. The Morgan fingerprint density at radius 2 is 1.70 bits per heavy atom. The van der Waals surface area contributed by atoms with E-state index < -0.39 is 17.6 Å². The highest BCUT2D eigenvalue weighted by Gasteiger charge is 2.34. The van der Waals surface area contributed by atoms with Crippen LogP contribution in [0.5, 0.6) is 0 Å². The van der Waals surface area contributed by atoms with Crippen molar-refractivity contribution >= 4 is 30.5 Å². The first-order chi connectivity index (χ1) is 8.47. The largest absolute Gasteiger partial charge is 0.418 e. The molecule has 0 bridgehead atoms. The second-order valence-corrected chi connectivity index (χ2v) is 4.36. The molecule has 1 saturated heterocycles. The predicted octanol–water partition coefficient (Wildman–Crippen LogP) is 3.85. The quantitative estimate of drug-likeness (QED) is 0.802. The molecule has 0 radical (unpaired) electrons. The molecule has 0 aromatic heterocycles. The average molecular weight is 335 g/mol. The standard InChI is InChI=1S/C12H14F4N2.2ClH/c13-8-1-2-10(12(14,15)16)11(7-8)18-9-3-5-17-6-4-9;;/h1-2,7,9,17-18H,3-6H2;2*1H. The Morgan fingerprint density at radius 1 is 1.10 bits per heavy atom. The van der Waals surface area contributed by atoms with Gasteiger partial charge in [-0.2, -0.15) is 13.2 Å². The number of nitrogens with one attached hydrogen (secondary N) is 2. The molecule has 0 unspecified atom stereocenters. The van der Waals surface area contributed by atoms with Crippen LogP contribution in [0.1, 0.15) is 18.4 Å². The minimum Gasteiger partial charge on any atom is -0.382 e. The van der Waals surface area contributed by atoms with Gasteiger partial charge in [-0.15, -0.1) is 24.8 Å². The van der Waals surface area contributed by atoms with E-state index in [0.717, 1.165) is 44.1 Å². The summed E-state index contributed by atoms with van der Waals surface area (Å²) in [5.41, 5.74) is -0.989. The van der Waals surface area contributed by atoms with Gasteiger partial charge in [0.1, 0.15) is 5.82 Å². The summed E-state index contributed by atoms with van der Waals surface area (Å²) >= 11 is 0. The van der Waals surface area contributed by atoms with Crippen LogP contribution in [-0.4, -0.2) is 19.1 Å². The van der Waals surface area contributed by atoms with Crippen LogP contribution in [0.4, 0.5) is 23.2 Å². The van der Waals surface area contributed by atoms with E-state index in [9.17, 15) is 17.6 Å². The molecule has 0 atom stereocenters. The molecule has 0 spiro atoms. The van der Waals surface area contributed by atoms with Gasteiger partial charge < -0.3 is 10.6 Å². The third-order valence-electron chi connectivity index (χ3n) is 2.99. The maximum absolute atomic E-state index is 13.1. The van der Waals surface area contributed by atoms with Gasteiger partial charge in [-0.3, -0.25) is 0 Å². The van der Waals surface area contributed by atoms with Gasteiger partial charge in [0.15, 0.2) is 0 Å². The first kappa shape index (κ1) is 19.3. The van der Waals surface area contributed by atoms with E-state index >= 15 is 0 Å². The lowest BCUT2D eigenvalue weighted by Crippen LogP contribution is -2.35. The van der Waals surface area contributed by atoms with Gasteiger partial charge in [0.25, 0.3) is 0 Å². The zero-order valence-corrected chi connectivity index (χ0v) is 12.1. The monoisotopic (exact) mass is 334 g/mol. The third-order valence-corrected chi connectivity index (χ3v) is 2.99. The number of piperidine rings is 1. The topological polar surface area (TPSA) is 24.1 Å². The molecule has 1 heterocycles. The van der Waals surface area contributed by atoms with Gasteiger partial charge in [-0.1, -0.05) is 0 Å². The van der Waals surface area contributed by atoms with Gasteiger partial charge in [0, 0.05) is 11.7 Å². The number of rotatable bonds is 2. The van der Waals surface area contributed by atoms with Crippen molar-refractivity contribution in [3.63, 3.8) is 0 Å². The second kappa shape index (κ2) is 7.90. The van der Waals surface area contributed by atoms with Gasteiger partial charge in [0.05, 0.1) is 5.56 Å². The fraction of sp³-hybridized carbons (Fsp3) is 0.500. The fourth-order valence-corrected chi connectivity index (χ4v) is 2.07. The van der Waals surface area contributed by atoms with E-state index in [1.807, 2.05) is 0 Å². The van der Waals surface area contributed by atoms with Gasteiger partial charge in [0.2, 0.25) is 0 Å². The highest BCUT2D eigenvalue weighted by atomic mass is 35.5. The molecule has 0 aliphatic carbocycles. The van der Waals surface area contributed by atoms with Crippen LogP contribution in [-0.2, 0) is 6.18 Å². The molecule has 116 valence electrons. The van der Waals surface area contributed by atoms with Gasteiger partial charge in [-0.05, 0) is 44.1 Å². The Kier molecular flexibility index (Phi) is 7.62. The summed E-state index contributed by atoms with van der Waals surface area (Å²) in [5, 5.41) is 5.92. The van der Waals surface area contributed by atoms with Crippen LogP contribution < -0.4 is 10.6 Å². The Morgan fingerprint density at radius 3 is 2.25 bits per heavy atom. The molecular formula is C12H16Cl2F4N2. The molecule has 1 aromatic rings. The fourth-order valence-electron chi connectivity index (χ4n) is 2.07. The summed E-state index contributed by atoms with van der Waals surface area (Å²) in [4.78, 5) is 0. The van der Waals surface area contributed by atoms with Crippen molar-refractivity contribution in [1.29, 1.82) is 0 Å². The summed E-state index contributed by atoms with van der Waals surface area (Å²) < 4.78 is 51.3. The van der Waals surface area contributed by atoms with Gasteiger partial charge >= 0.3 is 6.18 Å². The first-order valence-electron chi connectivity index (χ1n) is 5.81. The normalized spacial score (nSPS) is 16.0. The van der Waals surface area contributed by atoms with Crippen molar-refractivity contribution < 1.29 is 17.6 Å². The van der Waals surface area contributed by atoms with Crippen molar-refractivity contribution in [2.24, 2.45) is 0 Å². The Hall–Kier alpha value is -0.720. The van der Waals surface area contributed by atoms with Crippen LogP contribution >= 0.6 is 24.8 Å². The highest BCUT2D eigenvalue weighted by Crippen LogP contribution is 2.35. The van der Waals surface area contributed by atoms with E-state index in [0.29, 0.717) is 0 Å². The second-order valence-electron chi connectivity index (χ2n) is 4.36. The van der Waals surface area contributed by atoms with Gasteiger partial charge in [-0.25, -0.2) is 4.39 Å². The van der Waals surface area contributed by atoms with E-state index in [1.54, 1.807) is 0 Å². The molecule has 1 aromatic carbocycles. The molecule has 20 heavy (non-hydrogen) atoms. The Bertz CT molecular complexity index is 420. The number of alkyl halides is 3. The number of halogens is 6. The zero-order chi connectivity index (χ0) is 13.2. The van der Waals surface area contributed by atoms with E-state index in [2.05, 4.69) is 10.6 Å². The van der Waals surface area contributed by atoms with E-state index in [4.69, 9.17) is 0 Å². The lowest BCUT2D eigenvalue weighted by Gasteiger charge is -2.26. The molecular weight excluding hydrogens is 319 g/mol. The maximum Gasteiger partial charge on any atom is 0.418 e. The summed E-state index contributed by atoms with van der Waals surface area (Å²) in [6, 6.07) is 2.47. The van der Waals surface area contributed by atoms with Crippen molar-refractivity contribution in [3.05, 3.63) is 29.6 Å². The molecule has 0 amide bonds. The van der Waals surface area contributed by atoms with Crippen LogP contribution in [0.25, 0.3) is 0 Å². The minimum absolute atomic E-state index is 0. The van der Waals surface area contributed by atoms with Crippen LogP contribution in [0.15, 0.2) is 18.2 Å². The summed E-state index contributed by atoms with van der Waals surface area (Å²) in [6.07, 6.45) is -3.01. The Balaban J connectivity index is 0.00000180.